The van der Waals surface area contributed by atoms with Gasteiger partial charge in [-0.2, -0.15) is 0 Å². The van der Waals surface area contributed by atoms with Gasteiger partial charge in [0, 0.05) is 15.6 Å². The van der Waals surface area contributed by atoms with Crippen molar-refractivity contribution in [3.05, 3.63) is 112 Å². The third kappa shape index (κ3) is 6.44. The molecule has 0 fully saturated rings. The van der Waals surface area contributed by atoms with E-state index in [2.05, 4.69) is 20.7 Å². The number of halogens is 1. The van der Waals surface area contributed by atoms with Crippen molar-refractivity contribution >= 4 is 31.9 Å². The van der Waals surface area contributed by atoms with Crippen molar-refractivity contribution in [2.24, 2.45) is 0 Å². The van der Waals surface area contributed by atoms with Gasteiger partial charge in [0.25, 0.3) is 15.9 Å². The molecular formula is C30H28BrNO5S. The van der Waals surface area contributed by atoms with Gasteiger partial charge in [0.1, 0.15) is 16.4 Å². The molecule has 4 aromatic carbocycles. The standard InChI is InChI=1S/C30H28BrNO5S/c1-3-37-28-18-16-24(36-2)20-26(28)23-15-17-25(22(19-23)14-13-21-9-5-4-6-10-21)30(33)32-38(34,35)29-12-8-7-11-27(29)31/h4-12,15-20H,3,13-14H2,1-2H3,(H,32,33). The van der Waals surface area contributed by atoms with Crippen molar-refractivity contribution in [1.82, 2.24) is 4.72 Å². The molecule has 0 radical (unpaired) electrons. The lowest BCUT2D eigenvalue weighted by molar-refractivity contribution is 0.0980. The van der Waals surface area contributed by atoms with Crippen LogP contribution in [0.5, 0.6) is 11.5 Å². The predicted molar refractivity (Wildman–Crippen MR) is 152 cm³/mol. The van der Waals surface area contributed by atoms with E-state index >= 15 is 0 Å². The third-order valence-corrected chi connectivity index (χ3v) is 8.37. The summed E-state index contributed by atoms with van der Waals surface area (Å²) < 4.78 is 39.9. The number of ether oxygens (including phenoxy) is 2. The topological polar surface area (TPSA) is 81.7 Å². The van der Waals surface area contributed by atoms with Gasteiger partial charge in [-0.25, -0.2) is 13.1 Å². The molecular weight excluding hydrogens is 566 g/mol. The van der Waals surface area contributed by atoms with Crippen molar-refractivity contribution in [3.63, 3.8) is 0 Å². The molecule has 0 aliphatic rings. The molecule has 0 saturated heterocycles. The SMILES string of the molecule is CCOc1ccc(OC)cc1-c1ccc(C(=O)NS(=O)(=O)c2ccccc2Br)c(CCc2ccccc2)c1. The van der Waals surface area contributed by atoms with E-state index in [-0.39, 0.29) is 4.90 Å². The first-order valence-electron chi connectivity index (χ1n) is 12.1. The first-order valence-corrected chi connectivity index (χ1v) is 14.4. The predicted octanol–water partition coefficient (Wildman–Crippen LogP) is 6.43. The molecule has 0 atom stereocenters. The molecule has 196 valence electrons. The fraction of sp³-hybridized carbons (Fsp3) is 0.167. The maximum atomic E-state index is 13.3. The minimum absolute atomic E-state index is 0.00598. The average Bonchev–Trinajstić information content (AvgIpc) is 2.92. The summed E-state index contributed by atoms with van der Waals surface area (Å²) in [6.07, 6.45) is 1.21. The van der Waals surface area contributed by atoms with Gasteiger partial charge < -0.3 is 9.47 Å². The summed E-state index contributed by atoms with van der Waals surface area (Å²) in [4.78, 5) is 13.3. The summed E-state index contributed by atoms with van der Waals surface area (Å²) in [6.45, 7) is 2.41. The second-order valence-corrected chi connectivity index (χ2v) is 11.0. The molecule has 0 spiro atoms. The van der Waals surface area contributed by atoms with Crippen LogP contribution in [0.25, 0.3) is 11.1 Å². The molecule has 4 aromatic rings. The molecule has 6 nitrogen and oxygen atoms in total. The molecule has 1 amide bonds. The first-order chi connectivity index (χ1) is 18.3. The van der Waals surface area contributed by atoms with E-state index < -0.39 is 15.9 Å². The van der Waals surface area contributed by atoms with Crippen LogP contribution in [0.4, 0.5) is 0 Å². The number of rotatable bonds is 10. The second kappa shape index (κ2) is 12.3. The Balaban J connectivity index is 1.74. The van der Waals surface area contributed by atoms with Crippen LogP contribution in [0.1, 0.15) is 28.4 Å². The number of carbonyl (C=O) groups excluding carboxylic acids is 1. The number of methoxy groups -OCH3 is 1. The average molecular weight is 595 g/mol. The highest BCUT2D eigenvalue weighted by atomic mass is 79.9. The van der Waals surface area contributed by atoms with Crippen LogP contribution in [-0.2, 0) is 22.9 Å². The highest BCUT2D eigenvalue weighted by Gasteiger charge is 2.23. The Morgan fingerprint density at radius 1 is 0.895 bits per heavy atom. The normalized spacial score (nSPS) is 11.1. The maximum absolute atomic E-state index is 13.3. The van der Waals surface area contributed by atoms with Gasteiger partial charge in [-0.1, -0.05) is 54.6 Å². The van der Waals surface area contributed by atoms with Crippen molar-refractivity contribution in [3.8, 4) is 22.6 Å². The van der Waals surface area contributed by atoms with Crippen LogP contribution < -0.4 is 14.2 Å². The zero-order chi connectivity index (χ0) is 27.1. The van der Waals surface area contributed by atoms with Crippen LogP contribution in [0, 0.1) is 0 Å². The number of benzene rings is 4. The molecule has 0 unspecified atom stereocenters. The highest BCUT2D eigenvalue weighted by Crippen LogP contribution is 2.35. The van der Waals surface area contributed by atoms with Gasteiger partial charge in [0.15, 0.2) is 0 Å². The number of hydrogen-bond acceptors (Lipinski definition) is 5. The van der Waals surface area contributed by atoms with E-state index in [4.69, 9.17) is 9.47 Å². The van der Waals surface area contributed by atoms with Gasteiger partial charge in [-0.05, 0) is 88.8 Å². The van der Waals surface area contributed by atoms with E-state index in [0.717, 1.165) is 22.3 Å². The fourth-order valence-electron chi connectivity index (χ4n) is 4.15. The fourth-order valence-corrected chi connectivity index (χ4v) is 6.12. The molecule has 0 bridgehead atoms. The van der Waals surface area contributed by atoms with Gasteiger partial charge in [0.2, 0.25) is 0 Å². The Morgan fingerprint density at radius 2 is 1.63 bits per heavy atom. The first kappa shape index (κ1) is 27.4. The molecule has 4 rings (SSSR count). The summed E-state index contributed by atoms with van der Waals surface area (Å²) in [5.74, 6) is 0.678. The maximum Gasteiger partial charge on any atom is 0.265 e. The number of aryl methyl sites for hydroxylation is 2. The van der Waals surface area contributed by atoms with Gasteiger partial charge in [-0.15, -0.1) is 0 Å². The zero-order valence-electron chi connectivity index (χ0n) is 21.1. The Labute approximate surface area is 231 Å². The summed E-state index contributed by atoms with van der Waals surface area (Å²) in [7, 11) is -2.49. The summed E-state index contributed by atoms with van der Waals surface area (Å²) in [5, 5.41) is 0. The monoisotopic (exact) mass is 593 g/mol. The van der Waals surface area contributed by atoms with Crippen LogP contribution in [-0.4, -0.2) is 28.0 Å². The molecule has 0 aliphatic heterocycles. The highest BCUT2D eigenvalue weighted by molar-refractivity contribution is 9.10. The second-order valence-electron chi connectivity index (χ2n) is 8.52. The van der Waals surface area contributed by atoms with Crippen molar-refractivity contribution in [2.45, 2.75) is 24.7 Å². The Kier molecular flexibility index (Phi) is 8.86. The van der Waals surface area contributed by atoms with Crippen molar-refractivity contribution in [1.29, 1.82) is 0 Å². The molecule has 0 aliphatic carbocycles. The zero-order valence-corrected chi connectivity index (χ0v) is 23.5. The minimum atomic E-state index is -4.09. The molecule has 38 heavy (non-hydrogen) atoms. The Bertz CT molecular complexity index is 1540. The Morgan fingerprint density at radius 3 is 2.34 bits per heavy atom. The number of sulfonamides is 1. The minimum Gasteiger partial charge on any atom is -0.497 e. The van der Waals surface area contributed by atoms with Crippen LogP contribution >= 0.6 is 15.9 Å². The molecule has 1 N–H and O–H groups in total. The smallest absolute Gasteiger partial charge is 0.265 e. The molecule has 0 heterocycles. The lowest BCUT2D eigenvalue weighted by atomic mass is 9.94. The summed E-state index contributed by atoms with van der Waals surface area (Å²) >= 11 is 3.26. The van der Waals surface area contributed by atoms with E-state index in [1.165, 1.54) is 6.07 Å². The van der Waals surface area contributed by atoms with Crippen molar-refractivity contribution < 1.29 is 22.7 Å². The van der Waals surface area contributed by atoms with E-state index in [1.807, 2.05) is 61.5 Å². The third-order valence-electron chi connectivity index (χ3n) is 6.03. The molecule has 0 aromatic heterocycles. The van der Waals surface area contributed by atoms with Gasteiger partial charge >= 0.3 is 0 Å². The number of nitrogens with one attached hydrogen (secondary N) is 1. The van der Waals surface area contributed by atoms with E-state index in [9.17, 15) is 13.2 Å². The van der Waals surface area contributed by atoms with Gasteiger partial charge in [0.05, 0.1) is 13.7 Å². The number of amides is 1. The number of carbonyl (C=O) groups is 1. The van der Waals surface area contributed by atoms with Crippen LogP contribution in [0.15, 0.2) is 100 Å². The summed E-state index contributed by atoms with van der Waals surface area (Å²) in [6, 6.07) is 27.3. The quantitative estimate of drug-likeness (QED) is 0.229. The lowest BCUT2D eigenvalue weighted by Gasteiger charge is -2.16. The lowest BCUT2D eigenvalue weighted by Crippen LogP contribution is -2.31. The number of hydrogen-bond donors (Lipinski definition) is 1. The molecule has 0 saturated carbocycles. The van der Waals surface area contributed by atoms with Crippen LogP contribution in [0.3, 0.4) is 0 Å². The Hall–Kier alpha value is -3.62. The van der Waals surface area contributed by atoms with Crippen LogP contribution in [0.2, 0.25) is 0 Å². The van der Waals surface area contributed by atoms with Gasteiger partial charge in [-0.3, -0.25) is 4.79 Å². The van der Waals surface area contributed by atoms with E-state index in [0.29, 0.717) is 41.0 Å². The molecule has 8 heteroatoms. The van der Waals surface area contributed by atoms with Crippen molar-refractivity contribution in [2.75, 3.05) is 13.7 Å². The summed E-state index contributed by atoms with van der Waals surface area (Å²) in [5.41, 5.74) is 3.78. The largest absolute Gasteiger partial charge is 0.497 e. The van der Waals surface area contributed by atoms with E-state index in [1.54, 1.807) is 37.4 Å².